The van der Waals surface area contributed by atoms with Crippen molar-refractivity contribution in [2.45, 2.75) is 45.4 Å². The molecule has 0 bridgehead atoms. The Labute approximate surface area is 187 Å². The molecule has 1 atom stereocenters. The van der Waals surface area contributed by atoms with Crippen LogP contribution in [0.4, 0.5) is 0 Å². The average Bonchev–Trinajstić information content (AvgIpc) is 3.13. The second kappa shape index (κ2) is 7.23. The predicted molar refractivity (Wildman–Crippen MR) is 117 cm³/mol. The van der Waals surface area contributed by atoms with E-state index in [0.717, 1.165) is 5.56 Å². The first-order chi connectivity index (χ1) is 15.6. The summed E-state index contributed by atoms with van der Waals surface area (Å²) in [6.07, 6.45) is 0.652. The highest BCUT2D eigenvalue weighted by Gasteiger charge is 2.45. The smallest absolute Gasteiger partial charge is 0.458 e. The number of benzene rings is 1. The quantitative estimate of drug-likeness (QED) is 0.300. The van der Waals surface area contributed by atoms with Crippen molar-refractivity contribution in [3.63, 3.8) is 0 Å². The molecule has 2 aromatic heterocycles. The molecule has 4 heterocycles. The summed E-state index contributed by atoms with van der Waals surface area (Å²) in [4.78, 5) is 48.9. The van der Waals surface area contributed by atoms with Gasteiger partial charge in [-0.1, -0.05) is 19.9 Å². The van der Waals surface area contributed by atoms with Gasteiger partial charge in [-0.25, -0.2) is 14.3 Å². The van der Waals surface area contributed by atoms with Crippen LogP contribution in [0.2, 0.25) is 0 Å². The first kappa shape index (κ1) is 21.8. The summed E-state index contributed by atoms with van der Waals surface area (Å²) in [5, 5.41) is 11.4. The normalized spacial score (nSPS) is 19.1. The van der Waals surface area contributed by atoms with Gasteiger partial charge in [-0.2, -0.15) is 0 Å². The summed E-state index contributed by atoms with van der Waals surface area (Å²) < 4.78 is 22.9. The Bertz CT molecular complexity index is 1460. The van der Waals surface area contributed by atoms with Crippen LogP contribution < -0.4 is 10.1 Å². The van der Waals surface area contributed by atoms with Gasteiger partial charge in [0.1, 0.15) is 12.4 Å². The van der Waals surface area contributed by atoms with Crippen LogP contribution >= 0.6 is 7.82 Å². The van der Waals surface area contributed by atoms with Crippen LogP contribution in [0.1, 0.15) is 42.5 Å². The molecule has 0 amide bonds. The topological polar surface area (TPSA) is 148 Å². The van der Waals surface area contributed by atoms with Gasteiger partial charge in [0.15, 0.2) is 5.60 Å². The van der Waals surface area contributed by atoms with Crippen LogP contribution in [0.25, 0.3) is 22.3 Å². The van der Waals surface area contributed by atoms with Gasteiger partial charge in [0.05, 0.1) is 29.0 Å². The number of ether oxygens (including phenoxy) is 1. The van der Waals surface area contributed by atoms with Crippen molar-refractivity contribution in [3.8, 4) is 17.1 Å². The summed E-state index contributed by atoms with van der Waals surface area (Å²) in [7, 11) is -4.80. The standard InChI is InChI=1S/C22H21N2O8P/c1-3-11-5-6-17(32-33(28,29)30)13-7-12-9-24-16(19(12)23-18(11)13)8-15-14(20(24)25)10-31-21(26)22(15,27)4-2/h5-8,27H,3-4,9-10H2,1-2H3,(H2,28,29,30)/t22-/m0/s1. The third kappa shape index (κ3) is 3.21. The van der Waals surface area contributed by atoms with Gasteiger partial charge in [-0.3, -0.25) is 14.6 Å². The fourth-order valence-corrected chi connectivity index (χ4v) is 5.01. The lowest BCUT2D eigenvalue weighted by Crippen LogP contribution is -2.44. The molecule has 10 nitrogen and oxygen atoms in total. The lowest BCUT2D eigenvalue weighted by Gasteiger charge is -2.31. The Morgan fingerprint density at radius 2 is 2.00 bits per heavy atom. The highest BCUT2D eigenvalue weighted by Crippen LogP contribution is 2.44. The summed E-state index contributed by atoms with van der Waals surface area (Å²) in [5.74, 6) is -0.799. The second-order valence-electron chi connectivity index (χ2n) is 8.15. The second-order valence-corrected chi connectivity index (χ2v) is 9.32. The molecule has 2 aliphatic heterocycles. The van der Waals surface area contributed by atoms with Crippen molar-refractivity contribution in [2.75, 3.05) is 0 Å². The number of carbonyl (C=O) groups excluding carboxylic acids is 1. The highest BCUT2D eigenvalue weighted by molar-refractivity contribution is 7.46. The van der Waals surface area contributed by atoms with E-state index in [-0.39, 0.29) is 42.0 Å². The molecule has 172 valence electrons. The van der Waals surface area contributed by atoms with Crippen molar-refractivity contribution >= 4 is 24.7 Å². The summed E-state index contributed by atoms with van der Waals surface area (Å²) >= 11 is 0. The maximum atomic E-state index is 13.3. The number of hydrogen-bond donors (Lipinski definition) is 3. The fourth-order valence-electron chi connectivity index (χ4n) is 4.59. The fraction of sp³-hybridized carbons (Fsp3) is 0.318. The molecule has 11 heteroatoms. The van der Waals surface area contributed by atoms with E-state index in [1.165, 1.54) is 10.6 Å². The molecular weight excluding hydrogens is 451 g/mol. The molecule has 0 spiro atoms. The molecule has 0 saturated heterocycles. The number of carbonyl (C=O) groups is 1. The molecule has 0 radical (unpaired) electrons. The number of phosphoric ester groups is 1. The molecule has 2 aliphatic rings. The van der Waals surface area contributed by atoms with E-state index in [1.54, 1.807) is 25.1 Å². The first-order valence-electron chi connectivity index (χ1n) is 10.4. The molecule has 3 aromatic rings. The maximum absolute atomic E-state index is 13.3. The number of phosphoric acid groups is 1. The minimum Gasteiger partial charge on any atom is -0.458 e. The van der Waals surface area contributed by atoms with Crippen LogP contribution in [0.3, 0.4) is 0 Å². The van der Waals surface area contributed by atoms with Crippen molar-refractivity contribution in [3.05, 3.63) is 56.9 Å². The molecular formula is C22H21N2O8P. The zero-order valence-electron chi connectivity index (χ0n) is 17.9. The Hall–Kier alpha value is -3.04. The Balaban J connectivity index is 1.77. The van der Waals surface area contributed by atoms with Crippen molar-refractivity contribution < 1.29 is 33.5 Å². The number of pyridine rings is 2. The van der Waals surface area contributed by atoms with Crippen LogP contribution in [-0.2, 0) is 39.3 Å². The summed E-state index contributed by atoms with van der Waals surface area (Å²) in [5.41, 5.74) is 1.08. The molecule has 0 unspecified atom stereocenters. The largest absolute Gasteiger partial charge is 0.524 e. The lowest BCUT2D eigenvalue weighted by atomic mass is 9.86. The highest BCUT2D eigenvalue weighted by atomic mass is 31.2. The molecule has 1 aromatic carbocycles. The van der Waals surface area contributed by atoms with E-state index in [9.17, 15) is 29.0 Å². The molecule has 0 aliphatic carbocycles. The van der Waals surface area contributed by atoms with Crippen molar-refractivity contribution in [1.29, 1.82) is 0 Å². The Morgan fingerprint density at radius 3 is 2.67 bits per heavy atom. The van der Waals surface area contributed by atoms with Crippen LogP contribution in [0.5, 0.6) is 5.75 Å². The molecule has 33 heavy (non-hydrogen) atoms. The minimum atomic E-state index is -4.80. The van der Waals surface area contributed by atoms with Gasteiger partial charge in [-0.05, 0) is 36.6 Å². The zero-order chi connectivity index (χ0) is 23.7. The van der Waals surface area contributed by atoms with Gasteiger partial charge in [-0.15, -0.1) is 0 Å². The van der Waals surface area contributed by atoms with E-state index < -0.39 is 19.4 Å². The number of aromatic nitrogens is 2. The van der Waals surface area contributed by atoms with E-state index in [1.807, 2.05) is 6.92 Å². The third-order valence-corrected chi connectivity index (χ3v) is 6.75. The number of nitrogens with zero attached hydrogens (tertiary/aromatic N) is 2. The molecule has 0 saturated carbocycles. The monoisotopic (exact) mass is 472 g/mol. The maximum Gasteiger partial charge on any atom is 0.524 e. The number of fused-ring (bicyclic) bond motifs is 5. The third-order valence-electron chi connectivity index (χ3n) is 6.32. The van der Waals surface area contributed by atoms with Crippen molar-refractivity contribution in [1.82, 2.24) is 9.55 Å². The average molecular weight is 472 g/mol. The SMILES string of the molecule is CCc1ccc(OP(=O)(O)O)c2cc3c(nc12)-c1cc2c(c(=O)n1C3)COC(=O)[C@]2(O)CC. The Morgan fingerprint density at radius 1 is 1.24 bits per heavy atom. The van der Waals surface area contributed by atoms with Gasteiger partial charge in [0, 0.05) is 16.5 Å². The number of hydrogen-bond acceptors (Lipinski definition) is 7. The van der Waals surface area contributed by atoms with Gasteiger partial charge >= 0.3 is 13.8 Å². The zero-order valence-corrected chi connectivity index (χ0v) is 18.8. The van der Waals surface area contributed by atoms with E-state index >= 15 is 0 Å². The van der Waals surface area contributed by atoms with Crippen molar-refractivity contribution in [2.24, 2.45) is 0 Å². The lowest BCUT2D eigenvalue weighted by molar-refractivity contribution is -0.172. The first-order valence-corrected chi connectivity index (χ1v) is 12.0. The number of aryl methyl sites for hydroxylation is 1. The number of cyclic esters (lactones) is 1. The van der Waals surface area contributed by atoms with E-state index in [2.05, 4.69) is 0 Å². The van der Waals surface area contributed by atoms with Crippen LogP contribution in [0.15, 0.2) is 29.1 Å². The van der Waals surface area contributed by atoms with Gasteiger partial charge < -0.3 is 18.9 Å². The predicted octanol–water partition coefficient (Wildman–Crippen LogP) is 2.11. The van der Waals surface area contributed by atoms with E-state index in [0.29, 0.717) is 34.3 Å². The Kier molecular flexibility index (Phi) is 4.77. The molecule has 5 rings (SSSR count). The van der Waals surface area contributed by atoms with E-state index in [4.69, 9.17) is 14.2 Å². The number of aliphatic hydroxyl groups is 1. The van der Waals surface area contributed by atoms with Gasteiger partial charge in [0.2, 0.25) is 0 Å². The molecule has 3 N–H and O–H groups in total. The molecule has 0 fully saturated rings. The van der Waals surface area contributed by atoms with Crippen LogP contribution in [0, 0.1) is 0 Å². The number of rotatable bonds is 4. The summed E-state index contributed by atoms with van der Waals surface area (Å²) in [6.45, 7) is 3.51. The van der Waals surface area contributed by atoms with Crippen LogP contribution in [-0.4, -0.2) is 30.4 Å². The number of esters is 1. The summed E-state index contributed by atoms with van der Waals surface area (Å²) in [6, 6.07) is 6.51. The van der Waals surface area contributed by atoms with Gasteiger partial charge in [0.25, 0.3) is 5.56 Å². The minimum absolute atomic E-state index is 0.00668.